The van der Waals surface area contributed by atoms with E-state index < -0.39 is 11.1 Å². The zero-order valence-corrected chi connectivity index (χ0v) is 8.31. The molecule has 0 N–H and O–H groups in total. The van der Waals surface area contributed by atoms with E-state index in [1.807, 2.05) is 0 Å². The van der Waals surface area contributed by atoms with E-state index in [-0.39, 0.29) is 0 Å². The van der Waals surface area contributed by atoms with Crippen molar-refractivity contribution in [1.82, 2.24) is 4.90 Å². The molecular formula is C8H16NO2S-. The van der Waals surface area contributed by atoms with Gasteiger partial charge in [0, 0.05) is 11.8 Å². The molecule has 1 aliphatic carbocycles. The highest BCUT2D eigenvalue weighted by Crippen LogP contribution is 2.23. The van der Waals surface area contributed by atoms with Crippen molar-refractivity contribution in [3.05, 3.63) is 0 Å². The van der Waals surface area contributed by atoms with Gasteiger partial charge in [0.25, 0.3) is 0 Å². The van der Waals surface area contributed by atoms with Crippen molar-refractivity contribution < 1.29 is 8.76 Å². The predicted molar refractivity (Wildman–Crippen MR) is 48.7 cm³/mol. The first-order valence-corrected chi connectivity index (χ1v) is 5.70. The Hall–Kier alpha value is 0.0700. The van der Waals surface area contributed by atoms with Gasteiger partial charge in [-0.1, -0.05) is 17.5 Å². The van der Waals surface area contributed by atoms with Crippen molar-refractivity contribution in [3.8, 4) is 0 Å². The van der Waals surface area contributed by atoms with Crippen LogP contribution in [-0.4, -0.2) is 39.0 Å². The molecule has 0 aliphatic heterocycles. The number of hydrogen-bond acceptors (Lipinski definition) is 3. The number of nitrogens with zero attached hydrogens (tertiary/aromatic N) is 1. The average Bonchev–Trinajstić information content (AvgIpc) is 1.81. The van der Waals surface area contributed by atoms with Gasteiger partial charge in [-0.15, -0.1) is 0 Å². The highest BCUT2D eigenvalue weighted by molar-refractivity contribution is 7.79. The van der Waals surface area contributed by atoms with E-state index >= 15 is 0 Å². The Morgan fingerprint density at radius 2 is 2.25 bits per heavy atom. The van der Waals surface area contributed by atoms with Crippen molar-refractivity contribution in [3.63, 3.8) is 0 Å². The molecule has 0 spiro atoms. The molecule has 3 nitrogen and oxygen atoms in total. The molecule has 1 atom stereocenters. The lowest BCUT2D eigenvalue weighted by Gasteiger charge is -2.34. The molecule has 72 valence electrons. The van der Waals surface area contributed by atoms with Crippen molar-refractivity contribution >= 4 is 11.1 Å². The second kappa shape index (κ2) is 4.94. The van der Waals surface area contributed by atoms with E-state index in [0.29, 0.717) is 5.75 Å². The van der Waals surface area contributed by atoms with Crippen molar-refractivity contribution in [2.24, 2.45) is 0 Å². The summed E-state index contributed by atoms with van der Waals surface area (Å²) >= 11 is -1.86. The summed E-state index contributed by atoms with van der Waals surface area (Å²) in [5, 5.41) is 0. The lowest BCUT2D eigenvalue weighted by molar-refractivity contribution is 0.160. The Balaban J connectivity index is 2.01. The van der Waals surface area contributed by atoms with E-state index in [9.17, 15) is 8.76 Å². The molecule has 0 aromatic heterocycles. The van der Waals surface area contributed by atoms with Crippen LogP contribution >= 0.6 is 0 Å². The fraction of sp³-hybridized carbons (Fsp3) is 1.00. The van der Waals surface area contributed by atoms with Crippen molar-refractivity contribution in [2.45, 2.75) is 31.7 Å². The smallest absolute Gasteiger partial charge is 0.0114 e. The van der Waals surface area contributed by atoms with Crippen LogP contribution in [0.2, 0.25) is 0 Å². The summed E-state index contributed by atoms with van der Waals surface area (Å²) in [6, 6.07) is 0.727. The van der Waals surface area contributed by atoms with Gasteiger partial charge in [0.2, 0.25) is 0 Å². The van der Waals surface area contributed by atoms with Crippen LogP contribution in [0.3, 0.4) is 0 Å². The van der Waals surface area contributed by atoms with E-state index in [4.69, 9.17) is 0 Å². The third-order valence-corrected chi connectivity index (χ3v) is 3.14. The molecule has 0 aromatic rings. The van der Waals surface area contributed by atoms with Crippen LogP contribution in [0.1, 0.15) is 25.7 Å². The molecule has 0 amide bonds. The van der Waals surface area contributed by atoms with Gasteiger partial charge in [-0.25, -0.2) is 0 Å². The first-order valence-electron chi connectivity index (χ1n) is 4.46. The third kappa shape index (κ3) is 3.21. The number of hydrogen-bond donors (Lipinski definition) is 0. The fourth-order valence-electron chi connectivity index (χ4n) is 1.44. The molecule has 4 heteroatoms. The molecule has 0 aromatic carbocycles. The lowest BCUT2D eigenvalue weighted by Crippen LogP contribution is -2.37. The monoisotopic (exact) mass is 190 g/mol. The molecule has 0 saturated heterocycles. The maximum atomic E-state index is 10.2. The van der Waals surface area contributed by atoms with Crippen LogP contribution in [0.4, 0.5) is 0 Å². The van der Waals surface area contributed by atoms with Crippen LogP contribution in [0, 0.1) is 0 Å². The summed E-state index contributed by atoms with van der Waals surface area (Å²) in [7, 11) is 2.08. The summed E-state index contributed by atoms with van der Waals surface area (Å²) in [6.07, 6.45) is 4.68. The summed E-state index contributed by atoms with van der Waals surface area (Å²) in [5.41, 5.74) is 0. The molecule has 0 bridgehead atoms. The van der Waals surface area contributed by atoms with Crippen molar-refractivity contribution in [2.75, 3.05) is 19.3 Å². The summed E-state index contributed by atoms with van der Waals surface area (Å²) in [4.78, 5) is 2.27. The molecule has 1 saturated carbocycles. The highest BCUT2D eigenvalue weighted by atomic mass is 32.2. The largest absolute Gasteiger partial charge is 0.772 e. The molecule has 0 radical (unpaired) electrons. The van der Waals surface area contributed by atoms with Gasteiger partial charge in [-0.05, 0) is 32.9 Å². The predicted octanol–water partition coefficient (Wildman–Crippen LogP) is 0.740. The molecule has 12 heavy (non-hydrogen) atoms. The minimum absolute atomic E-state index is 0.303. The minimum atomic E-state index is -1.86. The van der Waals surface area contributed by atoms with Crippen LogP contribution in [-0.2, 0) is 11.1 Å². The normalized spacial score (nSPS) is 20.9. The van der Waals surface area contributed by atoms with Crippen LogP contribution in [0.5, 0.6) is 0 Å². The van der Waals surface area contributed by atoms with Gasteiger partial charge in [0.05, 0.1) is 0 Å². The molecule has 1 unspecified atom stereocenters. The second-order valence-electron chi connectivity index (χ2n) is 3.43. The summed E-state index contributed by atoms with van der Waals surface area (Å²) in [5.74, 6) is 0.303. The third-order valence-electron chi connectivity index (χ3n) is 2.52. The van der Waals surface area contributed by atoms with E-state index in [2.05, 4.69) is 11.9 Å². The standard InChI is InChI=1S/C8H17NO2S/c1-9(8-4-2-5-8)6-3-7-12(10)11/h8H,2-7H2,1H3,(H,10,11)/p-1. The molecular weight excluding hydrogens is 174 g/mol. The first kappa shape index (κ1) is 10.2. The summed E-state index contributed by atoms with van der Waals surface area (Å²) in [6.45, 7) is 0.915. The Morgan fingerprint density at radius 3 is 2.67 bits per heavy atom. The Bertz CT molecular complexity index is 159. The van der Waals surface area contributed by atoms with Gasteiger partial charge >= 0.3 is 0 Å². The zero-order chi connectivity index (χ0) is 8.97. The van der Waals surface area contributed by atoms with Crippen LogP contribution in [0.25, 0.3) is 0 Å². The topological polar surface area (TPSA) is 43.4 Å². The molecule has 1 rings (SSSR count). The van der Waals surface area contributed by atoms with Gasteiger partial charge in [-0.2, -0.15) is 0 Å². The Kier molecular flexibility index (Phi) is 4.18. The quantitative estimate of drug-likeness (QED) is 0.601. The van der Waals surface area contributed by atoms with E-state index in [1.54, 1.807) is 0 Å². The molecule has 0 heterocycles. The average molecular weight is 190 g/mol. The lowest BCUT2D eigenvalue weighted by atomic mass is 9.92. The molecule has 1 aliphatic rings. The highest BCUT2D eigenvalue weighted by Gasteiger charge is 2.20. The fourth-order valence-corrected chi connectivity index (χ4v) is 1.81. The Labute approximate surface area is 76.4 Å². The van der Waals surface area contributed by atoms with Gasteiger partial charge in [-0.3, -0.25) is 4.21 Å². The zero-order valence-electron chi connectivity index (χ0n) is 7.49. The van der Waals surface area contributed by atoms with Crippen molar-refractivity contribution in [1.29, 1.82) is 0 Å². The maximum Gasteiger partial charge on any atom is 0.0114 e. The number of rotatable bonds is 5. The SMILES string of the molecule is CN(CCCS(=O)[O-])C1CCC1. The Morgan fingerprint density at radius 1 is 1.58 bits per heavy atom. The van der Waals surface area contributed by atoms with Gasteiger partial charge in [0.1, 0.15) is 0 Å². The van der Waals surface area contributed by atoms with E-state index in [1.165, 1.54) is 19.3 Å². The van der Waals surface area contributed by atoms with Gasteiger partial charge in [0.15, 0.2) is 0 Å². The summed E-state index contributed by atoms with van der Waals surface area (Å²) < 4.78 is 20.4. The minimum Gasteiger partial charge on any atom is -0.772 e. The second-order valence-corrected chi connectivity index (χ2v) is 4.44. The van der Waals surface area contributed by atoms with Crippen LogP contribution in [0.15, 0.2) is 0 Å². The van der Waals surface area contributed by atoms with Crippen LogP contribution < -0.4 is 0 Å². The maximum absolute atomic E-state index is 10.2. The first-order chi connectivity index (χ1) is 5.70. The van der Waals surface area contributed by atoms with E-state index in [0.717, 1.165) is 19.0 Å². The molecule has 1 fully saturated rings. The van der Waals surface area contributed by atoms with Gasteiger partial charge < -0.3 is 9.45 Å².